The summed E-state index contributed by atoms with van der Waals surface area (Å²) in [6, 6.07) is 94.4. The van der Waals surface area contributed by atoms with Gasteiger partial charge in [-0.05, 0) is 85.5 Å². The number of nitrogens with zero attached hydrogens (tertiary/aromatic N) is 2. The lowest BCUT2D eigenvalue weighted by atomic mass is 10.1. The van der Waals surface area contributed by atoms with Crippen LogP contribution in [0, 0.1) is 0 Å². The van der Waals surface area contributed by atoms with E-state index in [9.17, 15) is 0 Å². The molecule has 0 fully saturated rings. The van der Waals surface area contributed by atoms with Crippen LogP contribution < -0.4 is 20.7 Å². The molecule has 0 unspecified atom stereocenters. The van der Waals surface area contributed by atoms with E-state index in [1.807, 2.05) is 0 Å². The molecule has 0 bridgehead atoms. The van der Waals surface area contributed by atoms with Crippen LogP contribution in [0.2, 0.25) is 0 Å². The van der Waals surface area contributed by atoms with Crippen LogP contribution in [0.4, 0.5) is 0 Å². The van der Waals surface area contributed by atoms with E-state index in [-0.39, 0.29) is 0 Å². The molecule has 12 rings (SSSR count). The van der Waals surface area contributed by atoms with Gasteiger partial charge in [0, 0.05) is 32.9 Å². The lowest BCUT2D eigenvalue weighted by molar-refractivity contribution is 1.15. The van der Waals surface area contributed by atoms with Gasteiger partial charge in [-0.25, -0.2) is 0 Å². The Kier molecular flexibility index (Phi) is 8.87. The van der Waals surface area contributed by atoms with Crippen molar-refractivity contribution in [2.24, 2.45) is 0 Å². The number of benzene rings is 10. The summed E-state index contributed by atoms with van der Waals surface area (Å²) in [5.74, 6) is 0. The summed E-state index contributed by atoms with van der Waals surface area (Å²) in [6.45, 7) is 0. The van der Waals surface area contributed by atoms with Gasteiger partial charge < -0.3 is 9.13 Å². The molecule has 63 heavy (non-hydrogen) atoms. The molecule has 2 nitrogen and oxygen atoms in total. The van der Waals surface area contributed by atoms with E-state index in [0.717, 1.165) is 11.4 Å². The Hall–Kier alpha value is -7.98. The van der Waals surface area contributed by atoms with Crippen LogP contribution in [-0.2, 0) is 0 Å². The number of aromatic nitrogens is 2. The predicted molar refractivity (Wildman–Crippen MR) is 270 cm³/mol. The van der Waals surface area contributed by atoms with E-state index in [1.54, 1.807) is 0 Å². The van der Waals surface area contributed by atoms with Crippen LogP contribution in [0.15, 0.2) is 255 Å². The molecule has 0 saturated heterocycles. The number of rotatable bonds is 8. The molecule has 10 aromatic carbocycles. The van der Waals surface area contributed by atoms with E-state index >= 15 is 0 Å². The number of hydrogen-bond acceptors (Lipinski definition) is 0. The second-order valence-corrected chi connectivity index (χ2v) is 20.2. The minimum atomic E-state index is -3.00. The second-order valence-electron chi connectivity index (χ2n) is 16.4. The van der Waals surface area contributed by atoms with Crippen molar-refractivity contribution in [1.29, 1.82) is 0 Å². The molecule has 0 radical (unpaired) electrons. The Bertz CT molecular complexity index is 3550. The maximum atomic E-state index is 2.50. The fraction of sp³-hybridized carbons (Fsp3) is 0. The first-order valence-corrected chi connectivity index (χ1v) is 23.8. The normalized spacial score (nSPS) is 11.8. The Morgan fingerprint density at radius 3 is 1.37 bits per heavy atom. The number of para-hydroxylation sites is 2. The van der Waals surface area contributed by atoms with Crippen LogP contribution in [0.1, 0.15) is 0 Å². The standard InChI is InChI=1S/C60H42N2Si/c1-5-19-43(20-6-1)45-35-37-47(38-36-45)61-55-31-15-13-29-52(55)53-40-39-48(42-58(53)61)62-56-32-16-14-30-54(56)60-57(62)33-18-34-59(60)63(49-24-9-3-10-25-49,50-26-11-4-12-27-50)51-28-17-23-46(41-51)44-21-7-2-8-22-44/h1-42H. The zero-order valence-corrected chi connectivity index (χ0v) is 35.6. The fourth-order valence-electron chi connectivity index (χ4n) is 10.3. The maximum Gasteiger partial charge on any atom is 0.180 e. The minimum absolute atomic E-state index is 1.13. The van der Waals surface area contributed by atoms with Crippen molar-refractivity contribution in [2.75, 3.05) is 0 Å². The van der Waals surface area contributed by atoms with E-state index < -0.39 is 8.07 Å². The van der Waals surface area contributed by atoms with Crippen molar-refractivity contribution in [3.63, 3.8) is 0 Å². The predicted octanol–water partition coefficient (Wildman–Crippen LogP) is 12.6. The monoisotopic (exact) mass is 818 g/mol. The molecule has 0 spiro atoms. The highest BCUT2D eigenvalue weighted by molar-refractivity contribution is 7.20. The summed E-state index contributed by atoms with van der Waals surface area (Å²) < 4.78 is 4.94. The molecule has 0 atom stereocenters. The van der Waals surface area contributed by atoms with E-state index in [0.29, 0.717) is 0 Å². The first kappa shape index (κ1) is 36.8. The lowest BCUT2D eigenvalue weighted by Gasteiger charge is -2.35. The van der Waals surface area contributed by atoms with E-state index in [1.165, 1.54) is 86.6 Å². The second kappa shape index (κ2) is 15.2. The third-order valence-corrected chi connectivity index (χ3v) is 17.9. The first-order valence-electron chi connectivity index (χ1n) is 21.8. The highest BCUT2D eigenvalue weighted by Gasteiger charge is 2.43. The summed E-state index contributed by atoms with van der Waals surface area (Å²) in [7, 11) is -3.00. The van der Waals surface area contributed by atoms with E-state index in [4.69, 9.17) is 0 Å². The summed E-state index contributed by atoms with van der Waals surface area (Å²) in [6.07, 6.45) is 0. The van der Waals surface area contributed by atoms with Gasteiger partial charge in [0.1, 0.15) is 0 Å². The summed E-state index contributed by atoms with van der Waals surface area (Å²) in [5, 5.41) is 10.5. The van der Waals surface area contributed by atoms with Crippen LogP contribution in [-0.4, -0.2) is 17.2 Å². The van der Waals surface area contributed by atoms with Gasteiger partial charge in [0.05, 0.1) is 22.1 Å². The van der Waals surface area contributed by atoms with Crippen LogP contribution in [0.5, 0.6) is 0 Å². The summed E-state index contributed by atoms with van der Waals surface area (Å²) >= 11 is 0. The Balaban J connectivity index is 1.13. The molecule has 0 N–H and O–H groups in total. The van der Waals surface area contributed by atoms with Gasteiger partial charge in [0.15, 0.2) is 8.07 Å². The highest BCUT2D eigenvalue weighted by Crippen LogP contribution is 2.37. The molecular weight excluding hydrogens is 777 g/mol. The molecule has 2 aromatic heterocycles. The van der Waals surface area contributed by atoms with Gasteiger partial charge in [-0.1, -0.05) is 212 Å². The molecule has 3 heteroatoms. The van der Waals surface area contributed by atoms with Crippen molar-refractivity contribution < 1.29 is 0 Å². The summed E-state index contributed by atoms with van der Waals surface area (Å²) in [5.41, 5.74) is 11.9. The third-order valence-electron chi connectivity index (χ3n) is 13.1. The molecule has 12 aromatic rings. The molecule has 2 heterocycles. The van der Waals surface area contributed by atoms with Gasteiger partial charge in [0.25, 0.3) is 0 Å². The van der Waals surface area contributed by atoms with Gasteiger partial charge in [-0.2, -0.15) is 0 Å². The van der Waals surface area contributed by atoms with Gasteiger partial charge in [0.2, 0.25) is 0 Å². The average Bonchev–Trinajstić information content (AvgIpc) is 3.88. The Labute approximate surface area is 368 Å². The van der Waals surface area contributed by atoms with Gasteiger partial charge in [-0.3, -0.25) is 0 Å². The van der Waals surface area contributed by atoms with Crippen molar-refractivity contribution in [3.05, 3.63) is 255 Å². The smallest absolute Gasteiger partial charge is 0.180 e. The molecule has 0 saturated carbocycles. The molecular formula is C60H42N2Si. The lowest BCUT2D eigenvalue weighted by Crippen LogP contribution is -2.74. The quantitative estimate of drug-likeness (QED) is 0.107. The Morgan fingerprint density at radius 1 is 0.254 bits per heavy atom. The van der Waals surface area contributed by atoms with Gasteiger partial charge in [-0.15, -0.1) is 0 Å². The number of hydrogen-bond donors (Lipinski definition) is 0. The maximum absolute atomic E-state index is 3.00. The molecule has 296 valence electrons. The zero-order valence-electron chi connectivity index (χ0n) is 34.6. The summed E-state index contributed by atoms with van der Waals surface area (Å²) in [4.78, 5) is 0. The van der Waals surface area contributed by atoms with Gasteiger partial charge >= 0.3 is 0 Å². The molecule has 0 aliphatic heterocycles. The zero-order chi connectivity index (χ0) is 41.7. The number of fused-ring (bicyclic) bond motifs is 6. The van der Waals surface area contributed by atoms with Crippen LogP contribution in [0.3, 0.4) is 0 Å². The van der Waals surface area contributed by atoms with Crippen molar-refractivity contribution in [1.82, 2.24) is 9.13 Å². The molecule has 0 aliphatic carbocycles. The van der Waals surface area contributed by atoms with E-state index in [2.05, 4.69) is 264 Å². The highest BCUT2D eigenvalue weighted by atomic mass is 28.3. The molecule has 0 amide bonds. The third kappa shape index (κ3) is 5.93. The van der Waals surface area contributed by atoms with Crippen molar-refractivity contribution in [2.45, 2.75) is 0 Å². The topological polar surface area (TPSA) is 9.86 Å². The largest absolute Gasteiger partial charge is 0.309 e. The molecule has 0 aliphatic rings. The Morgan fingerprint density at radius 2 is 0.698 bits per heavy atom. The average molecular weight is 819 g/mol. The van der Waals surface area contributed by atoms with Crippen LogP contribution in [0.25, 0.3) is 77.2 Å². The van der Waals surface area contributed by atoms with Crippen molar-refractivity contribution >= 4 is 72.4 Å². The fourth-order valence-corrected chi connectivity index (χ4v) is 15.3. The van der Waals surface area contributed by atoms with Crippen molar-refractivity contribution in [3.8, 4) is 33.6 Å². The van der Waals surface area contributed by atoms with Crippen LogP contribution >= 0.6 is 0 Å². The minimum Gasteiger partial charge on any atom is -0.309 e. The SMILES string of the molecule is c1ccc(-c2ccc(-n3c4ccccc4c4ccc(-n5c6ccccc6c6c([Si](c7ccccc7)(c7ccccc7)c7cccc(-c8ccccc8)c7)cccc65)cc43)cc2)cc1. The first-order chi connectivity index (χ1) is 31.3.